The molecule has 1 unspecified atom stereocenters. The molecular weight excluding hydrogens is 214 g/mol. The maximum Gasteiger partial charge on any atom is 0.317 e. The number of aryl methyl sites for hydroxylation is 1. The number of aromatic nitrogens is 2. The highest BCUT2D eigenvalue weighted by Gasteiger charge is 2.16. The molecule has 1 fully saturated rings. The van der Waals surface area contributed by atoms with Crippen molar-refractivity contribution in [1.82, 2.24) is 15.3 Å². The van der Waals surface area contributed by atoms with Gasteiger partial charge < -0.3 is 10.1 Å². The quantitative estimate of drug-likeness (QED) is 0.871. The van der Waals surface area contributed by atoms with Gasteiger partial charge in [0.15, 0.2) is 0 Å². The smallest absolute Gasteiger partial charge is 0.317 e. The summed E-state index contributed by atoms with van der Waals surface area (Å²) in [6.45, 7) is 8.24. The molecule has 4 nitrogen and oxygen atoms in total. The number of hydrogen-bond donors (Lipinski definition) is 1. The van der Waals surface area contributed by atoms with E-state index in [1.165, 1.54) is 0 Å². The number of rotatable bonds is 3. The lowest BCUT2D eigenvalue weighted by Crippen LogP contribution is -2.37. The fraction of sp³-hybridized carbons (Fsp3) is 0.692. The van der Waals surface area contributed by atoms with Crippen molar-refractivity contribution < 1.29 is 4.74 Å². The molecule has 1 aromatic rings. The molecule has 2 rings (SSSR count). The third-order valence-electron chi connectivity index (χ3n) is 2.97. The van der Waals surface area contributed by atoms with E-state index >= 15 is 0 Å². The zero-order valence-corrected chi connectivity index (χ0v) is 10.9. The Morgan fingerprint density at radius 1 is 1.41 bits per heavy atom. The van der Waals surface area contributed by atoms with Gasteiger partial charge in [-0.25, -0.2) is 4.98 Å². The molecule has 1 atom stereocenters. The van der Waals surface area contributed by atoms with E-state index in [2.05, 4.69) is 29.1 Å². The Labute approximate surface area is 103 Å². The van der Waals surface area contributed by atoms with Crippen molar-refractivity contribution in [3.63, 3.8) is 0 Å². The summed E-state index contributed by atoms with van der Waals surface area (Å²) >= 11 is 0. The van der Waals surface area contributed by atoms with Crippen LogP contribution in [0.5, 0.6) is 6.01 Å². The minimum Gasteiger partial charge on any atom is -0.459 e. The van der Waals surface area contributed by atoms with Crippen LogP contribution in [0.3, 0.4) is 0 Å². The molecule has 1 N–H and O–H groups in total. The Hall–Kier alpha value is -1.16. The van der Waals surface area contributed by atoms with Crippen LogP contribution in [0.2, 0.25) is 0 Å². The van der Waals surface area contributed by atoms with Crippen molar-refractivity contribution in [3.05, 3.63) is 17.5 Å². The van der Waals surface area contributed by atoms with Crippen molar-refractivity contribution in [2.45, 2.75) is 45.6 Å². The molecular formula is C13H21N3O. The van der Waals surface area contributed by atoms with Crippen LogP contribution in [0.15, 0.2) is 6.07 Å². The second-order valence-corrected chi connectivity index (χ2v) is 4.96. The van der Waals surface area contributed by atoms with E-state index in [4.69, 9.17) is 4.74 Å². The largest absolute Gasteiger partial charge is 0.459 e. The average molecular weight is 235 g/mol. The van der Waals surface area contributed by atoms with Crippen LogP contribution in [0.4, 0.5) is 0 Å². The van der Waals surface area contributed by atoms with Crippen molar-refractivity contribution >= 4 is 0 Å². The number of nitrogens with zero attached hydrogens (tertiary/aromatic N) is 2. The van der Waals surface area contributed by atoms with Gasteiger partial charge >= 0.3 is 6.01 Å². The second-order valence-electron chi connectivity index (χ2n) is 4.96. The molecule has 0 bridgehead atoms. The number of ether oxygens (including phenoxy) is 1. The van der Waals surface area contributed by atoms with E-state index in [9.17, 15) is 0 Å². The van der Waals surface area contributed by atoms with Crippen LogP contribution in [0.25, 0.3) is 0 Å². The van der Waals surface area contributed by atoms with E-state index in [1.54, 1.807) is 0 Å². The maximum absolute atomic E-state index is 5.84. The third kappa shape index (κ3) is 3.40. The molecule has 2 heterocycles. The molecule has 1 aliphatic heterocycles. The molecule has 0 saturated carbocycles. The van der Waals surface area contributed by atoms with Gasteiger partial charge in [-0.15, -0.1) is 0 Å². The van der Waals surface area contributed by atoms with Gasteiger partial charge in [-0.1, -0.05) is 13.8 Å². The van der Waals surface area contributed by atoms with Gasteiger partial charge in [-0.2, -0.15) is 4.98 Å². The topological polar surface area (TPSA) is 47.0 Å². The second kappa shape index (κ2) is 5.45. The van der Waals surface area contributed by atoms with Crippen LogP contribution in [-0.4, -0.2) is 29.2 Å². The number of hydrogen-bond acceptors (Lipinski definition) is 4. The van der Waals surface area contributed by atoms with Gasteiger partial charge in [0.2, 0.25) is 0 Å². The van der Waals surface area contributed by atoms with Crippen LogP contribution in [0, 0.1) is 6.92 Å². The highest BCUT2D eigenvalue weighted by atomic mass is 16.5. The lowest BCUT2D eigenvalue weighted by Gasteiger charge is -2.23. The normalized spacial score (nSPS) is 20.6. The Morgan fingerprint density at radius 3 is 2.88 bits per heavy atom. The summed E-state index contributed by atoms with van der Waals surface area (Å²) in [4.78, 5) is 8.82. The monoisotopic (exact) mass is 235 g/mol. The Kier molecular flexibility index (Phi) is 3.94. The molecule has 0 spiro atoms. The first-order valence-electron chi connectivity index (χ1n) is 6.38. The van der Waals surface area contributed by atoms with Gasteiger partial charge in [0.25, 0.3) is 0 Å². The molecule has 94 valence electrons. The molecule has 4 heteroatoms. The van der Waals surface area contributed by atoms with Crippen LogP contribution in [0.1, 0.15) is 44.0 Å². The van der Waals surface area contributed by atoms with Gasteiger partial charge in [0.05, 0.1) is 5.69 Å². The van der Waals surface area contributed by atoms with E-state index in [1.807, 2.05) is 13.0 Å². The van der Waals surface area contributed by atoms with Gasteiger partial charge in [0.1, 0.15) is 6.10 Å². The van der Waals surface area contributed by atoms with Crippen molar-refractivity contribution in [2.75, 3.05) is 13.1 Å². The predicted octanol–water partition coefficient (Wildman–Crippen LogP) is 2.04. The number of nitrogens with one attached hydrogen (secondary N) is 1. The molecule has 1 aliphatic rings. The van der Waals surface area contributed by atoms with Crippen LogP contribution < -0.4 is 10.1 Å². The zero-order valence-electron chi connectivity index (χ0n) is 10.9. The molecule has 0 aromatic carbocycles. The Morgan fingerprint density at radius 2 is 2.24 bits per heavy atom. The lowest BCUT2D eigenvalue weighted by molar-refractivity contribution is 0.152. The van der Waals surface area contributed by atoms with E-state index in [0.29, 0.717) is 11.9 Å². The Bertz CT molecular complexity index is 373. The number of piperidine rings is 1. The summed E-state index contributed by atoms with van der Waals surface area (Å²) in [6.07, 6.45) is 2.46. The van der Waals surface area contributed by atoms with Gasteiger partial charge in [-0.05, 0) is 38.3 Å². The SMILES string of the molecule is Cc1cc(C(C)C)nc(OC2CCCNC2)n1. The van der Waals surface area contributed by atoms with Gasteiger partial charge in [0, 0.05) is 12.2 Å². The fourth-order valence-electron chi connectivity index (χ4n) is 1.98. The molecule has 0 amide bonds. The van der Waals surface area contributed by atoms with Crippen molar-refractivity contribution in [1.29, 1.82) is 0 Å². The standard InChI is InChI=1S/C13H21N3O/c1-9(2)12-7-10(3)15-13(16-12)17-11-5-4-6-14-8-11/h7,9,11,14H,4-6,8H2,1-3H3. The third-order valence-corrected chi connectivity index (χ3v) is 2.97. The minimum absolute atomic E-state index is 0.213. The molecule has 1 aromatic heterocycles. The van der Waals surface area contributed by atoms with E-state index in [-0.39, 0.29) is 6.10 Å². The average Bonchev–Trinajstić information content (AvgIpc) is 2.29. The summed E-state index contributed by atoms with van der Waals surface area (Å²) in [5.41, 5.74) is 2.03. The van der Waals surface area contributed by atoms with Gasteiger partial charge in [-0.3, -0.25) is 0 Å². The highest BCUT2D eigenvalue weighted by Crippen LogP contribution is 2.17. The Balaban J connectivity index is 2.09. The molecule has 1 saturated heterocycles. The van der Waals surface area contributed by atoms with Crippen LogP contribution in [-0.2, 0) is 0 Å². The fourth-order valence-corrected chi connectivity index (χ4v) is 1.98. The van der Waals surface area contributed by atoms with E-state index in [0.717, 1.165) is 37.3 Å². The summed E-state index contributed by atoms with van der Waals surface area (Å²) in [7, 11) is 0. The van der Waals surface area contributed by atoms with Crippen LogP contribution >= 0.6 is 0 Å². The summed E-state index contributed by atoms with van der Waals surface area (Å²) in [5, 5.41) is 3.33. The molecule has 0 aliphatic carbocycles. The zero-order chi connectivity index (χ0) is 12.3. The molecule has 0 radical (unpaired) electrons. The maximum atomic E-state index is 5.84. The molecule has 17 heavy (non-hydrogen) atoms. The minimum atomic E-state index is 0.213. The first-order valence-corrected chi connectivity index (χ1v) is 6.38. The first-order chi connectivity index (χ1) is 8.15. The van der Waals surface area contributed by atoms with E-state index < -0.39 is 0 Å². The van der Waals surface area contributed by atoms with Crippen molar-refractivity contribution in [3.8, 4) is 6.01 Å². The highest BCUT2D eigenvalue weighted by molar-refractivity contribution is 5.15. The predicted molar refractivity (Wildman–Crippen MR) is 67.4 cm³/mol. The first kappa shape index (κ1) is 12.3. The van der Waals surface area contributed by atoms with Crippen molar-refractivity contribution in [2.24, 2.45) is 0 Å². The lowest BCUT2D eigenvalue weighted by atomic mass is 10.1. The summed E-state index contributed by atoms with van der Waals surface area (Å²) < 4.78 is 5.84. The summed E-state index contributed by atoms with van der Waals surface area (Å²) in [5.74, 6) is 0.406. The summed E-state index contributed by atoms with van der Waals surface area (Å²) in [6, 6.07) is 2.55.